The van der Waals surface area contributed by atoms with Crippen molar-refractivity contribution in [2.45, 2.75) is 31.1 Å². The molecule has 0 amide bonds. The lowest BCUT2D eigenvalue weighted by Gasteiger charge is -2.08. The minimum atomic E-state index is -3.56. The summed E-state index contributed by atoms with van der Waals surface area (Å²) in [6.07, 6.45) is 2.80. The van der Waals surface area contributed by atoms with Crippen molar-refractivity contribution in [3.8, 4) is 5.69 Å². The fourth-order valence-electron chi connectivity index (χ4n) is 2.59. The van der Waals surface area contributed by atoms with Crippen molar-refractivity contribution in [2.75, 3.05) is 6.54 Å². The number of nitrogens with one attached hydrogen (secondary N) is 1. The van der Waals surface area contributed by atoms with Crippen molar-refractivity contribution in [3.63, 3.8) is 0 Å². The molecule has 26 heavy (non-hydrogen) atoms. The first kappa shape index (κ1) is 18.2. The second-order valence-corrected chi connectivity index (χ2v) is 7.69. The maximum absolute atomic E-state index is 12.5. The third kappa shape index (κ3) is 3.81. The standard InChI is InChI=1S/C18H20N4O3S/c1-2-3-6-13-19-26(24,25)15-11-9-14(10-12-15)22-18(23)16-7-4-5-8-17(16)20-21-22/h4-5,7-12,19H,2-3,6,13H2,1H3. The first-order valence-corrected chi connectivity index (χ1v) is 9.96. The maximum atomic E-state index is 12.5. The van der Waals surface area contributed by atoms with Gasteiger partial charge >= 0.3 is 0 Å². The van der Waals surface area contributed by atoms with Crippen LogP contribution in [0.3, 0.4) is 0 Å². The summed E-state index contributed by atoms with van der Waals surface area (Å²) in [4.78, 5) is 12.7. The smallest absolute Gasteiger partial charge is 0.267 e. The van der Waals surface area contributed by atoms with E-state index in [0.717, 1.165) is 23.9 Å². The van der Waals surface area contributed by atoms with Gasteiger partial charge in [0.1, 0.15) is 5.52 Å². The van der Waals surface area contributed by atoms with Crippen LogP contribution < -0.4 is 10.3 Å². The highest BCUT2D eigenvalue weighted by Gasteiger charge is 2.14. The topological polar surface area (TPSA) is 93.9 Å². The van der Waals surface area contributed by atoms with E-state index in [1.54, 1.807) is 36.4 Å². The normalized spacial score (nSPS) is 11.7. The van der Waals surface area contributed by atoms with Gasteiger partial charge in [0.05, 0.1) is 16.0 Å². The van der Waals surface area contributed by atoms with Gasteiger partial charge in [-0.25, -0.2) is 13.1 Å². The van der Waals surface area contributed by atoms with Crippen molar-refractivity contribution in [3.05, 3.63) is 58.9 Å². The van der Waals surface area contributed by atoms with Gasteiger partial charge in [0.25, 0.3) is 5.56 Å². The first-order chi connectivity index (χ1) is 12.5. The molecule has 136 valence electrons. The Morgan fingerprint density at radius 1 is 1.04 bits per heavy atom. The van der Waals surface area contributed by atoms with Gasteiger partial charge in [-0.15, -0.1) is 5.10 Å². The summed E-state index contributed by atoms with van der Waals surface area (Å²) in [6, 6.07) is 13.0. The number of sulfonamides is 1. The zero-order valence-electron chi connectivity index (χ0n) is 14.4. The van der Waals surface area contributed by atoms with Crippen LogP contribution in [-0.2, 0) is 10.0 Å². The van der Waals surface area contributed by atoms with Gasteiger partial charge in [0, 0.05) is 6.54 Å². The van der Waals surface area contributed by atoms with Crippen LogP contribution in [0, 0.1) is 0 Å². The van der Waals surface area contributed by atoms with E-state index in [1.807, 2.05) is 0 Å². The quantitative estimate of drug-likeness (QED) is 0.642. The highest BCUT2D eigenvalue weighted by atomic mass is 32.2. The second-order valence-electron chi connectivity index (χ2n) is 5.92. The number of fused-ring (bicyclic) bond motifs is 1. The zero-order valence-corrected chi connectivity index (χ0v) is 15.2. The summed E-state index contributed by atoms with van der Waals surface area (Å²) in [7, 11) is -3.56. The summed E-state index contributed by atoms with van der Waals surface area (Å²) in [5.41, 5.74) is 0.673. The van der Waals surface area contributed by atoms with Crippen molar-refractivity contribution in [1.29, 1.82) is 0 Å². The molecule has 3 rings (SSSR count). The van der Waals surface area contributed by atoms with Crippen molar-refractivity contribution in [1.82, 2.24) is 19.7 Å². The van der Waals surface area contributed by atoms with Gasteiger partial charge in [-0.1, -0.05) is 37.1 Å². The SMILES string of the molecule is CCCCCNS(=O)(=O)c1ccc(-n2nnc3ccccc3c2=O)cc1. The van der Waals surface area contributed by atoms with Crippen molar-refractivity contribution in [2.24, 2.45) is 0 Å². The summed E-state index contributed by atoms with van der Waals surface area (Å²) in [6.45, 7) is 2.47. The summed E-state index contributed by atoms with van der Waals surface area (Å²) < 4.78 is 28.3. The molecule has 0 saturated carbocycles. The van der Waals surface area contributed by atoms with Gasteiger partial charge < -0.3 is 0 Å². The maximum Gasteiger partial charge on any atom is 0.282 e. The van der Waals surface area contributed by atoms with E-state index >= 15 is 0 Å². The van der Waals surface area contributed by atoms with E-state index in [9.17, 15) is 13.2 Å². The van der Waals surface area contributed by atoms with Gasteiger partial charge in [-0.2, -0.15) is 4.68 Å². The van der Waals surface area contributed by atoms with E-state index in [-0.39, 0.29) is 10.5 Å². The number of hydrogen-bond acceptors (Lipinski definition) is 5. The predicted molar refractivity (Wildman–Crippen MR) is 99.8 cm³/mol. The Balaban J connectivity index is 1.86. The molecule has 1 heterocycles. The van der Waals surface area contributed by atoms with Crippen molar-refractivity contribution >= 4 is 20.9 Å². The van der Waals surface area contributed by atoms with Crippen LogP contribution in [0.5, 0.6) is 0 Å². The van der Waals surface area contributed by atoms with E-state index in [0.29, 0.717) is 23.1 Å². The number of rotatable bonds is 7. The van der Waals surface area contributed by atoms with E-state index in [2.05, 4.69) is 22.0 Å². The van der Waals surface area contributed by atoms with Crippen LogP contribution in [-0.4, -0.2) is 30.0 Å². The molecule has 1 N–H and O–H groups in total. The lowest BCUT2D eigenvalue weighted by Crippen LogP contribution is -2.25. The monoisotopic (exact) mass is 372 g/mol. The Morgan fingerprint density at radius 2 is 1.77 bits per heavy atom. The van der Waals surface area contributed by atoms with Crippen LogP contribution in [0.25, 0.3) is 16.6 Å². The third-order valence-corrected chi connectivity index (χ3v) is 5.51. The molecule has 0 aliphatic heterocycles. The second kappa shape index (κ2) is 7.76. The average molecular weight is 372 g/mol. The number of unbranched alkanes of at least 4 members (excludes halogenated alkanes) is 2. The van der Waals surface area contributed by atoms with Gasteiger partial charge in [-0.05, 0) is 42.8 Å². The molecule has 0 unspecified atom stereocenters. The molecular weight excluding hydrogens is 352 g/mol. The molecular formula is C18H20N4O3S. The molecule has 8 heteroatoms. The zero-order chi connectivity index (χ0) is 18.6. The summed E-state index contributed by atoms with van der Waals surface area (Å²) in [5, 5.41) is 8.41. The van der Waals surface area contributed by atoms with Crippen LogP contribution in [0.1, 0.15) is 26.2 Å². The number of hydrogen-bond donors (Lipinski definition) is 1. The minimum absolute atomic E-state index is 0.152. The lowest BCUT2D eigenvalue weighted by molar-refractivity contribution is 0.576. The van der Waals surface area contributed by atoms with E-state index in [1.165, 1.54) is 12.1 Å². The summed E-state index contributed by atoms with van der Waals surface area (Å²) in [5.74, 6) is 0. The first-order valence-electron chi connectivity index (χ1n) is 8.48. The fourth-order valence-corrected chi connectivity index (χ4v) is 3.66. The number of nitrogens with zero attached hydrogens (tertiary/aromatic N) is 3. The largest absolute Gasteiger partial charge is 0.282 e. The Bertz CT molecular complexity index is 1060. The molecule has 0 atom stereocenters. The molecule has 3 aromatic rings. The van der Waals surface area contributed by atoms with Gasteiger partial charge in [-0.3, -0.25) is 4.79 Å². The Labute approximate surface area is 151 Å². The van der Waals surface area contributed by atoms with Crippen LogP contribution >= 0.6 is 0 Å². The highest BCUT2D eigenvalue weighted by Crippen LogP contribution is 2.13. The number of benzene rings is 2. The molecule has 0 bridgehead atoms. The van der Waals surface area contributed by atoms with Gasteiger partial charge in [0.15, 0.2) is 0 Å². The van der Waals surface area contributed by atoms with Gasteiger partial charge in [0.2, 0.25) is 10.0 Å². The molecule has 0 aliphatic carbocycles. The Kier molecular flexibility index (Phi) is 5.43. The van der Waals surface area contributed by atoms with Crippen LogP contribution in [0.15, 0.2) is 58.2 Å². The summed E-state index contributed by atoms with van der Waals surface area (Å²) >= 11 is 0. The molecule has 0 spiro atoms. The Hall–Kier alpha value is -2.58. The van der Waals surface area contributed by atoms with Crippen LogP contribution in [0.2, 0.25) is 0 Å². The minimum Gasteiger partial charge on any atom is -0.267 e. The van der Waals surface area contributed by atoms with E-state index in [4.69, 9.17) is 0 Å². The van der Waals surface area contributed by atoms with Crippen LogP contribution in [0.4, 0.5) is 0 Å². The lowest BCUT2D eigenvalue weighted by atomic mass is 10.2. The molecule has 1 aromatic heterocycles. The fraction of sp³-hybridized carbons (Fsp3) is 0.278. The Morgan fingerprint density at radius 3 is 2.50 bits per heavy atom. The average Bonchev–Trinajstić information content (AvgIpc) is 2.66. The highest BCUT2D eigenvalue weighted by molar-refractivity contribution is 7.89. The number of aromatic nitrogens is 3. The molecule has 0 radical (unpaired) electrons. The predicted octanol–water partition coefficient (Wildman–Crippen LogP) is 2.25. The van der Waals surface area contributed by atoms with E-state index < -0.39 is 10.0 Å². The molecule has 0 fully saturated rings. The third-order valence-electron chi connectivity index (χ3n) is 4.03. The molecule has 0 aliphatic rings. The molecule has 0 saturated heterocycles. The molecule has 7 nitrogen and oxygen atoms in total. The molecule has 2 aromatic carbocycles. The van der Waals surface area contributed by atoms with Crippen molar-refractivity contribution < 1.29 is 8.42 Å².